The third-order valence-corrected chi connectivity index (χ3v) is 3.22. The van der Waals surface area contributed by atoms with Crippen molar-refractivity contribution >= 4 is 23.2 Å². The summed E-state index contributed by atoms with van der Waals surface area (Å²) in [7, 11) is 0. The third kappa shape index (κ3) is 3.95. The van der Waals surface area contributed by atoms with Gasteiger partial charge in [-0.3, -0.25) is 9.59 Å². The lowest BCUT2D eigenvalue weighted by Gasteiger charge is -2.10. The molecule has 5 heteroatoms. The molecule has 5 nitrogen and oxygen atoms in total. The number of hydrogen-bond donors (Lipinski definition) is 2. The van der Waals surface area contributed by atoms with Gasteiger partial charge < -0.3 is 15.1 Å². The Bertz CT molecular complexity index is 603. The van der Waals surface area contributed by atoms with Crippen LogP contribution in [0.1, 0.15) is 30.8 Å². The summed E-state index contributed by atoms with van der Waals surface area (Å²) in [5.41, 5.74) is 1.34. The normalized spacial score (nSPS) is 11.7. The topological polar surface area (TPSA) is 71.3 Å². The number of carbonyl (C=O) groups excluding carboxylic acids is 2. The van der Waals surface area contributed by atoms with Crippen molar-refractivity contribution in [2.75, 3.05) is 10.6 Å². The van der Waals surface area contributed by atoms with Crippen molar-refractivity contribution in [2.45, 2.75) is 20.3 Å². The largest absolute Gasteiger partial charge is 0.459 e. The van der Waals surface area contributed by atoms with Gasteiger partial charge in [0.1, 0.15) is 0 Å². The summed E-state index contributed by atoms with van der Waals surface area (Å²) in [6.45, 7) is 3.85. The van der Waals surface area contributed by atoms with Gasteiger partial charge in [0.05, 0.1) is 6.26 Å². The minimum absolute atomic E-state index is 0.00938. The van der Waals surface area contributed by atoms with Gasteiger partial charge in [0.2, 0.25) is 5.91 Å². The van der Waals surface area contributed by atoms with Gasteiger partial charge in [-0.1, -0.05) is 13.8 Å². The number of rotatable bonds is 5. The van der Waals surface area contributed by atoms with Crippen molar-refractivity contribution in [3.8, 4) is 0 Å². The number of hydrogen-bond acceptors (Lipinski definition) is 3. The van der Waals surface area contributed by atoms with Crippen LogP contribution >= 0.6 is 0 Å². The first-order chi connectivity index (χ1) is 10.1. The minimum Gasteiger partial charge on any atom is -0.459 e. The number of nitrogens with one attached hydrogen (secondary N) is 2. The van der Waals surface area contributed by atoms with E-state index in [1.54, 1.807) is 36.4 Å². The lowest BCUT2D eigenvalue weighted by Crippen LogP contribution is -2.19. The second kappa shape index (κ2) is 6.74. The molecule has 0 spiro atoms. The van der Waals surface area contributed by atoms with Gasteiger partial charge in [0.15, 0.2) is 5.76 Å². The fraction of sp³-hybridized carbons (Fsp3) is 0.250. The first-order valence-electron chi connectivity index (χ1n) is 6.86. The summed E-state index contributed by atoms with van der Waals surface area (Å²) in [6.07, 6.45) is 2.24. The van der Waals surface area contributed by atoms with Crippen molar-refractivity contribution in [2.24, 2.45) is 5.92 Å². The van der Waals surface area contributed by atoms with Crippen molar-refractivity contribution in [3.05, 3.63) is 48.4 Å². The van der Waals surface area contributed by atoms with E-state index in [-0.39, 0.29) is 23.5 Å². The molecule has 0 saturated carbocycles. The molecule has 0 radical (unpaired) electrons. The van der Waals surface area contributed by atoms with Gasteiger partial charge in [-0.15, -0.1) is 0 Å². The number of amides is 2. The van der Waals surface area contributed by atoms with E-state index in [0.717, 1.165) is 6.42 Å². The summed E-state index contributed by atoms with van der Waals surface area (Å²) >= 11 is 0. The molecule has 2 amide bonds. The molecule has 2 N–H and O–H groups in total. The molecule has 1 atom stereocenters. The molecule has 0 bridgehead atoms. The number of benzene rings is 1. The first kappa shape index (κ1) is 14.8. The fourth-order valence-corrected chi connectivity index (χ4v) is 1.69. The Labute approximate surface area is 123 Å². The van der Waals surface area contributed by atoms with Crippen LogP contribution in [0.4, 0.5) is 11.4 Å². The Balaban J connectivity index is 1.96. The van der Waals surface area contributed by atoms with Gasteiger partial charge in [0, 0.05) is 17.3 Å². The maximum Gasteiger partial charge on any atom is 0.291 e. The molecule has 0 unspecified atom stereocenters. The van der Waals surface area contributed by atoms with Gasteiger partial charge in [-0.05, 0) is 42.8 Å². The Morgan fingerprint density at radius 1 is 1.10 bits per heavy atom. The van der Waals surface area contributed by atoms with Crippen LogP contribution in [0.5, 0.6) is 0 Å². The SMILES string of the molecule is CC[C@H](C)C(=O)Nc1ccc(NC(=O)c2ccco2)cc1. The number of anilines is 2. The zero-order chi connectivity index (χ0) is 15.2. The van der Waals surface area contributed by atoms with Crippen LogP contribution in [0.3, 0.4) is 0 Å². The summed E-state index contributed by atoms with van der Waals surface area (Å²) < 4.78 is 5.01. The van der Waals surface area contributed by atoms with Crippen molar-refractivity contribution in [1.82, 2.24) is 0 Å². The van der Waals surface area contributed by atoms with Gasteiger partial charge in [-0.25, -0.2) is 0 Å². The van der Waals surface area contributed by atoms with Crippen LogP contribution in [-0.4, -0.2) is 11.8 Å². The highest BCUT2D eigenvalue weighted by Crippen LogP contribution is 2.16. The van der Waals surface area contributed by atoms with E-state index in [2.05, 4.69) is 10.6 Å². The maximum atomic E-state index is 11.8. The molecule has 110 valence electrons. The Morgan fingerprint density at radius 3 is 2.24 bits per heavy atom. The fourth-order valence-electron chi connectivity index (χ4n) is 1.69. The van der Waals surface area contributed by atoms with E-state index in [4.69, 9.17) is 4.42 Å². The maximum absolute atomic E-state index is 11.8. The van der Waals surface area contributed by atoms with Gasteiger partial charge >= 0.3 is 0 Å². The number of carbonyl (C=O) groups is 2. The smallest absolute Gasteiger partial charge is 0.291 e. The van der Waals surface area contributed by atoms with E-state index in [1.165, 1.54) is 6.26 Å². The summed E-state index contributed by atoms with van der Waals surface area (Å²) in [5, 5.41) is 5.54. The molecule has 1 aromatic heterocycles. The average Bonchev–Trinajstić information content (AvgIpc) is 3.02. The zero-order valence-corrected chi connectivity index (χ0v) is 12.1. The molecule has 0 aliphatic carbocycles. The van der Waals surface area contributed by atoms with E-state index in [9.17, 15) is 9.59 Å². The van der Waals surface area contributed by atoms with E-state index in [1.807, 2.05) is 13.8 Å². The van der Waals surface area contributed by atoms with E-state index in [0.29, 0.717) is 11.4 Å². The molecule has 2 aromatic rings. The molecule has 1 aromatic carbocycles. The Morgan fingerprint density at radius 2 is 1.71 bits per heavy atom. The van der Waals surface area contributed by atoms with Crippen molar-refractivity contribution in [3.63, 3.8) is 0 Å². The highest BCUT2D eigenvalue weighted by Gasteiger charge is 2.11. The van der Waals surface area contributed by atoms with E-state index < -0.39 is 0 Å². The highest BCUT2D eigenvalue weighted by molar-refractivity contribution is 6.02. The molecule has 0 aliphatic rings. The van der Waals surface area contributed by atoms with Crippen LogP contribution in [0.25, 0.3) is 0 Å². The van der Waals surface area contributed by atoms with E-state index >= 15 is 0 Å². The quantitative estimate of drug-likeness (QED) is 0.883. The first-order valence-corrected chi connectivity index (χ1v) is 6.86. The molecular formula is C16H18N2O3. The number of furan rings is 1. The Kier molecular flexibility index (Phi) is 4.77. The van der Waals surface area contributed by atoms with Crippen LogP contribution < -0.4 is 10.6 Å². The predicted molar refractivity (Wildman–Crippen MR) is 81.2 cm³/mol. The molecule has 1 heterocycles. The molecule has 0 aliphatic heterocycles. The lowest BCUT2D eigenvalue weighted by molar-refractivity contribution is -0.119. The molecule has 21 heavy (non-hydrogen) atoms. The molecular weight excluding hydrogens is 268 g/mol. The van der Waals surface area contributed by atoms with Gasteiger partial charge in [-0.2, -0.15) is 0 Å². The second-order valence-electron chi connectivity index (χ2n) is 4.81. The second-order valence-corrected chi connectivity index (χ2v) is 4.81. The van der Waals surface area contributed by atoms with Gasteiger partial charge in [0.25, 0.3) is 5.91 Å². The monoisotopic (exact) mass is 286 g/mol. The average molecular weight is 286 g/mol. The third-order valence-electron chi connectivity index (χ3n) is 3.22. The van der Waals surface area contributed by atoms with Crippen LogP contribution in [0.15, 0.2) is 47.1 Å². The standard InChI is InChI=1S/C16H18N2O3/c1-3-11(2)15(19)17-12-6-8-13(9-7-12)18-16(20)14-5-4-10-21-14/h4-11H,3H2,1-2H3,(H,17,19)(H,18,20)/t11-/m0/s1. The zero-order valence-electron chi connectivity index (χ0n) is 12.1. The van der Waals surface area contributed by atoms with Crippen LogP contribution in [0.2, 0.25) is 0 Å². The Hall–Kier alpha value is -2.56. The van der Waals surface area contributed by atoms with Crippen LogP contribution in [0, 0.1) is 5.92 Å². The van der Waals surface area contributed by atoms with Crippen LogP contribution in [-0.2, 0) is 4.79 Å². The van der Waals surface area contributed by atoms with Crippen molar-refractivity contribution in [1.29, 1.82) is 0 Å². The summed E-state index contributed by atoms with van der Waals surface area (Å²) in [5.74, 6) is -0.0891. The lowest BCUT2D eigenvalue weighted by atomic mass is 10.1. The predicted octanol–water partition coefficient (Wildman–Crippen LogP) is 3.52. The highest BCUT2D eigenvalue weighted by atomic mass is 16.3. The summed E-state index contributed by atoms with van der Waals surface area (Å²) in [6, 6.07) is 10.2. The summed E-state index contributed by atoms with van der Waals surface area (Å²) in [4.78, 5) is 23.6. The molecule has 0 saturated heterocycles. The molecule has 0 fully saturated rings. The molecule has 2 rings (SSSR count). The van der Waals surface area contributed by atoms with Crippen molar-refractivity contribution < 1.29 is 14.0 Å². The minimum atomic E-state index is -0.309.